The lowest BCUT2D eigenvalue weighted by atomic mass is 10.0. The van der Waals surface area contributed by atoms with E-state index in [1.54, 1.807) is 0 Å². The number of aliphatic hydroxyl groups is 1. The third-order valence-corrected chi connectivity index (χ3v) is 3.51. The Hall–Kier alpha value is -0.0800. The van der Waals surface area contributed by atoms with E-state index in [1.807, 2.05) is 0 Å². The molecule has 0 saturated carbocycles. The molecule has 0 spiro atoms. The first-order chi connectivity index (χ1) is 8.24. The predicted octanol–water partition coefficient (Wildman–Crippen LogP) is 3.88. The van der Waals surface area contributed by atoms with Crippen molar-refractivity contribution in [2.45, 2.75) is 90.6 Å². The fraction of sp³-hybridized carbons (Fsp3) is 1.00. The van der Waals surface area contributed by atoms with Crippen molar-refractivity contribution in [3.8, 4) is 0 Å². The molecule has 0 aromatic rings. The van der Waals surface area contributed by atoms with Gasteiger partial charge in [-0.2, -0.15) is 0 Å². The second-order valence-corrected chi connectivity index (χ2v) is 5.27. The van der Waals surface area contributed by atoms with Crippen molar-refractivity contribution >= 4 is 0 Å². The summed E-state index contributed by atoms with van der Waals surface area (Å²) in [5.41, 5.74) is 0. The van der Waals surface area contributed by atoms with Gasteiger partial charge in [-0.3, -0.25) is 0 Å². The van der Waals surface area contributed by atoms with Crippen molar-refractivity contribution in [3.05, 3.63) is 0 Å². The highest BCUT2D eigenvalue weighted by Gasteiger charge is 2.09. The third-order valence-electron chi connectivity index (χ3n) is 3.51. The van der Waals surface area contributed by atoms with E-state index in [9.17, 15) is 5.11 Å². The number of hydrogen-bond donors (Lipinski definition) is 2. The quantitative estimate of drug-likeness (QED) is 0.510. The minimum Gasteiger partial charge on any atom is -0.395 e. The highest BCUT2D eigenvalue weighted by Crippen LogP contribution is 2.10. The van der Waals surface area contributed by atoms with Gasteiger partial charge in [0.05, 0.1) is 6.61 Å². The largest absolute Gasteiger partial charge is 0.395 e. The topological polar surface area (TPSA) is 32.3 Å². The molecule has 0 saturated heterocycles. The second-order valence-electron chi connectivity index (χ2n) is 5.27. The van der Waals surface area contributed by atoms with Crippen molar-refractivity contribution in [1.82, 2.24) is 5.32 Å². The molecule has 0 aliphatic carbocycles. The van der Waals surface area contributed by atoms with E-state index in [4.69, 9.17) is 0 Å². The van der Waals surface area contributed by atoms with E-state index >= 15 is 0 Å². The predicted molar refractivity (Wildman–Crippen MR) is 76.4 cm³/mol. The minimum absolute atomic E-state index is 0.278. The van der Waals surface area contributed by atoms with Crippen molar-refractivity contribution in [2.24, 2.45) is 0 Å². The molecule has 0 aromatic heterocycles. The zero-order valence-electron chi connectivity index (χ0n) is 12.2. The first kappa shape index (κ1) is 16.9. The Kier molecular flexibility index (Phi) is 12.3. The fourth-order valence-electron chi connectivity index (χ4n) is 2.10. The lowest BCUT2D eigenvalue weighted by Gasteiger charge is -2.20. The molecule has 2 N–H and O–H groups in total. The Labute approximate surface area is 108 Å². The van der Waals surface area contributed by atoms with Gasteiger partial charge in [0.2, 0.25) is 0 Å². The van der Waals surface area contributed by atoms with E-state index in [2.05, 4.69) is 26.1 Å². The number of rotatable bonds is 12. The van der Waals surface area contributed by atoms with Crippen molar-refractivity contribution < 1.29 is 5.11 Å². The number of unbranched alkanes of at least 4 members (excludes halogenated alkanes) is 6. The van der Waals surface area contributed by atoms with Gasteiger partial charge < -0.3 is 10.4 Å². The number of hydrogen-bond acceptors (Lipinski definition) is 2. The van der Waals surface area contributed by atoms with Crippen LogP contribution in [0, 0.1) is 0 Å². The summed E-state index contributed by atoms with van der Waals surface area (Å²) in [4.78, 5) is 0. The second kappa shape index (κ2) is 12.4. The molecule has 0 rings (SSSR count). The van der Waals surface area contributed by atoms with Gasteiger partial charge in [-0.25, -0.2) is 0 Å². The molecule has 0 heterocycles. The Morgan fingerprint density at radius 3 is 2.06 bits per heavy atom. The molecular weight excluding hydrogens is 210 g/mol. The zero-order chi connectivity index (χ0) is 12.9. The molecule has 0 aromatic carbocycles. The van der Waals surface area contributed by atoms with Gasteiger partial charge in [0.1, 0.15) is 0 Å². The molecule has 104 valence electrons. The molecule has 0 aliphatic rings. The lowest BCUT2D eigenvalue weighted by Crippen LogP contribution is -2.38. The zero-order valence-corrected chi connectivity index (χ0v) is 12.2. The molecule has 0 amide bonds. The Bertz CT molecular complexity index is 150. The van der Waals surface area contributed by atoms with E-state index in [1.165, 1.54) is 44.9 Å². The highest BCUT2D eigenvalue weighted by molar-refractivity contribution is 4.69. The molecule has 2 nitrogen and oxygen atoms in total. The summed E-state index contributed by atoms with van der Waals surface area (Å²) in [5.74, 6) is 0. The van der Waals surface area contributed by atoms with Crippen LogP contribution in [0.1, 0.15) is 78.6 Å². The Morgan fingerprint density at radius 2 is 1.53 bits per heavy atom. The summed E-state index contributed by atoms with van der Waals surface area (Å²) >= 11 is 0. The van der Waals surface area contributed by atoms with E-state index in [-0.39, 0.29) is 6.61 Å². The van der Waals surface area contributed by atoms with Crippen molar-refractivity contribution in [2.75, 3.05) is 6.61 Å². The van der Waals surface area contributed by atoms with Crippen LogP contribution in [0.3, 0.4) is 0 Å². The fourth-order valence-corrected chi connectivity index (χ4v) is 2.10. The third kappa shape index (κ3) is 10.8. The van der Waals surface area contributed by atoms with E-state index in [0.29, 0.717) is 12.1 Å². The van der Waals surface area contributed by atoms with Crippen LogP contribution in [0.2, 0.25) is 0 Å². The average molecular weight is 243 g/mol. The van der Waals surface area contributed by atoms with Crippen LogP contribution < -0.4 is 5.32 Å². The summed E-state index contributed by atoms with van der Waals surface area (Å²) in [6.07, 6.45) is 11.7. The normalized spacial score (nSPS) is 14.8. The standard InChI is InChI=1S/C15H33NO/c1-4-6-7-8-9-10-11-12-15(13-17)16-14(3)5-2/h14-17H,4-13H2,1-3H3. The molecule has 0 radical (unpaired) electrons. The van der Waals surface area contributed by atoms with Gasteiger partial charge >= 0.3 is 0 Å². The van der Waals surface area contributed by atoms with Gasteiger partial charge in [-0.15, -0.1) is 0 Å². The molecule has 2 atom stereocenters. The smallest absolute Gasteiger partial charge is 0.0584 e. The molecule has 2 heteroatoms. The number of aliphatic hydroxyl groups excluding tert-OH is 1. The van der Waals surface area contributed by atoms with Crippen LogP contribution in [0.4, 0.5) is 0 Å². The molecule has 2 unspecified atom stereocenters. The van der Waals surface area contributed by atoms with Crippen molar-refractivity contribution in [1.29, 1.82) is 0 Å². The van der Waals surface area contributed by atoms with Crippen LogP contribution in [-0.4, -0.2) is 23.8 Å². The molecule has 0 bridgehead atoms. The maximum Gasteiger partial charge on any atom is 0.0584 e. The molecule has 17 heavy (non-hydrogen) atoms. The first-order valence-electron chi connectivity index (χ1n) is 7.61. The summed E-state index contributed by atoms with van der Waals surface area (Å²) in [5, 5.41) is 12.8. The Balaban J connectivity index is 3.37. The van der Waals surface area contributed by atoms with Crippen LogP contribution in [0.15, 0.2) is 0 Å². The van der Waals surface area contributed by atoms with Crippen LogP contribution in [0.5, 0.6) is 0 Å². The summed E-state index contributed by atoms with van der Waals surface area (Å²) in [7, 11) is 0. The van der Waals surface area contributed by atoms with Crippen molar-refractivity contribution in [3.63, 3.8) is 0 Å². The minimum atomic E-state index is 0.278. The van der Waals surface area contributed by atoms with E-state index < -0.39 is 0 Å². The highest BCUT2D eigenvalue weighted by atomic mass is 16.3. The van der Waals surface area contributed by atoms with Gasteiger partial charge in [0.15, 0.2) is 0 Å². The van der Waals surface area contributed by atoms with Crippen LogP contribution in [0.25, 0.3) is 0 Å². The summed E-state index contributed by atoms with van der Waals surface area (Å²) in [6.45, 7) is 6.90. The molecule has 0 aliphatic heterocycles. The number of nitrogens with one attached hydrogen (secondary N) is 1. The summed E-state index contributed by atoms with van der Waals surface area (Å²) in [6, 6.07) is 0.831. The maximum atomic E-state index is 9.28. The van der Waals surface area contributed by atoms with Gasteiger partial charge in [0.25, 0.3) is 0 Å². The summed E-state index contributed by atoms with van der Waals surface area (Å²) < 4.78 is 0. The van der Waals surface area contributed by atoms with Crippen LogP contribution in [-0.2, 0) is 0 Å². The monoisotopic (exact) mass is 243 g/mol. The SMILES string of the molecule is CCCCCCCCCC(CO)NC(C)CC. The van der Waals surface area contributed by atoms with Gasteiger partial charge in [0, 0.05) is 12.1 Å². The maximum absolute atomic E-state index is 9.28. The molecule has 0 fully saturated rings. The average Bonchev–Trinajstić information content (AvgIpc) is 2.35. The van der Waals surface area contributed by atoms with Gasteiger partial charge in [-0.1, -0.05) is 58.8 Å². The Morgan fingerprint density at radius 1 is 0.941 bits per heavy atom. The first-order valence-corrected chi connectivity index (χ1v) is 7.61. The van der Waals surface area contributed by atoms with Gasteiger partial charge in [-0.05, 0) is 19.8 Å². The molecular formula is C15H33NO. The lowest BCUT2D eigenvalue weighted by molar-refractivity contribution is 0.222. The van der Waals surface area contributed by atoms with Crippen LogP contribution >= 0.6 is 0 Å². The van der Waals surface area contributed by atoms with E-state index in [0.717, 1.165) is 12.8 Å².